The number of carbonyl (C=O) groups is 1. The molecule has 152 valence electrons. The number of fused-ring (bicyclic) bond motifs is 1. The average molecular weight is 387 g/mol. The third kappa shape index (κ3) is 3.73. The molecule has 1 saturated heterocycles. The van der Waals surface area contributed by atoms with Crippen LogP contribution in [-0.4, -0.2) is 52.0 Å². The summed E-state index contributed by atoms with van der Waals surface area (Å²) in [4.78, 5) is 46.9. The predicted molar refractivity (Wildman–Crippen MR) is 109 cm³/mol. The number of piperidine rings is 1. The molecule has 2 N–H and O–H groups in total. The number of nitrogens with zero attached hydrogens (tertiary/aromatic N) is 3. The second kappa shape index (κ2) is 8.26. The lowest BCUT2D eigenvalue weighted by Gasteiger charge is -2.32. The molecule has 0 saturated carbocycles. The molecule has 3 heterocycles. The highest BCUT2D eigenvalue weighted by Crippen LogP contribution is 2.23. The maximum Gasteiger partial charge on any atom is 0.329 e. The minimum atomic E-state index is -0.555. The van der Waals surface area contributed by atoms with E-state index in [4.69, 9.17) is 0 Å². The number of likely N-dealkylation sites (tertiary alicyclic amines) is 1. The van der Waals surface area contributed by atoms with Crippen LogP contribution in [0.4, 0.5) is 0 Å². The van der Waals surface area contributed by atoms with E-state index >= 15 is 0 Å². The molecule has 0 radical (unpaired) electrons. The number of aromatic amines is 1. The molecule has 2 aromatic heterocycles. The van der Waals surface area contributed by atoms with Crippen molar-refractivity contribution < 1.29 is 4.79 Å². The van der Waals surface area contributed by atoms with Gasteiger partial charge in [-0.3, -0.25) is 19.1 Å². The molecule has 1 aliphatic heterocycles. The number of aryl methyl sites for hydroxylation is 1. The molecule has 0 aliphatic carbocycles. The summed E-state index contributed by atoms with van der Waals surface area (Å²) < 4.78 is 1.42. The summed E-state index contributed by atoms with van der Waals surface area (Å²) in [7, 11) is 1.94. The van der Waals surface area contributed by atoms with Gasteiger partial charge in [-0.15, -0.1) is 0 Å². The van der Waals surface area contributed by atoms with Crippen LogP contribution in [0.15, 0.2) is 15.7 Å². The number of rotatable bonds is 5. The zero-order valence-corrected chi connectivity index (χ0v) is 17.0. The largest absolute Gasteiger partial charge is 0.339 e. The highest BCUT2D eigenvalue weighted by atomic mass is 16.2. The quantitative estimate of drug-likeness (QED) is 0.805. The van der Waals surface area contributed by atoms with Gasteiger partial charge in [-0.05, 0) is 51.3 Å². The highest BCUT2D eigenvalue weighted by Gasteiger charge is 2.27. The molecule has 3 rings (SSSR count). The van der Waals surface area contributed by atoms with Crippen molar-refractivity contribution in [1.29, 1.82) is 0 Å². The smallest absolute Gasteiger partial charge is 0.329 e. The summed E-state index contributed by atoms with van der Waals surface area (Å²) >= 11 is 0. The summed E-state index contributed by atoms with van der Waals surface area (Å²) in [5.74, 6) is 0.462. The number of pyridine rings is 1. The fourth-order valence-corrected chi connectivity index (χ4v) is 3.85. The van der Waals surface area contributed by atoms with E-state index in [2.05, 4.69) is 15.3 Å². The lowest BCUT2D eigenvalue weighted by molar-refractivity contribution is 0.0692. The van der Waals surface area contributed by atoms with Gasteiger partial charge in [0.1, 0.15) is 0 Å². The van der Waals surface area contributed by atoms with E-state index < -0.39 is 11.2 Å². The first-order valence-electron chi connectivity index (χ1n) is 9.99. The van der Waals surface area contributed by atoms with Crippen LogP contribution in [-0.2, 0) is 6.54 Å². The van der Waals surface area contributed by atoms with Crippen LogP contribution in [0.25, 0.3) is 11.0 Å². The van der Waals surface area contributed by atoms with E-state index in [1.807, 2.05) is 32.7 Å². The second-order valence-corrected chi connectivity index (χ2v) is 7.74. The van der Waals surface area contributed by atoms with Crippen LogP contribution in [0.5, 0.6) is 0 Å². The summed E-state index contributed by atoms with van der Waals surface area (Å²) in [5.41, 5.74) is 0.272. The van der Waals surface area contributed by atoms with Gasteiger partial charge in [-0.25, -0.2) is 9.78 Å². The van der Waals surface area contributed by atoms with E-state index in [1.54, 1.807) is 6.07 Å². The van der Waals surface area contributed by atoms with Crippen LogP contribution in [0.3, 0.4) is 0 Å². The fourth-order valence-electron chi connectivity index (χ4n) is 3.85. The molecule has 8 heteroatoms. The molecule has 8 nitrogen and oxygen atoms in total. The van der Waals surface area contributed by atoms with Crippen LogP contribution in [0.2, 0.25) is 0 Å². The Hall–Kier alpha value is -2.48. The first kappa shape index (κ1) is 20.3. The Morgan fingerprint density at radius 1 is 1.32 bits per heavy atom. The molecule has 0 bridgehead atoms. The zero-order chi connectivity index (χ0) is 20.4. The van der Waals surface area contributed by atoms with Gasteiger partial charge in [-0.1, -0.05) is 13.8 Å². The van der Waals surface area contributed by atoms with Crippen molar-refractivity contribution in [2.24, 2.45) is 5.92 Å². The maximum absolute atomic E-state index is 13.3. The molecule has 0 atom stereocenters. The number of aromatic nitrogens is 3. The van der Waals surface area contributed by atoms with Crippen molar-refractivity contribution in [1.82, 2.24) is 24.8 Å². The van der Waals surface area contributed by atoms with E-state index in [-0.39, 0.29) is 22.9 Å². The molecule has 0 aromatic carbocycles. The maximum atomic E-state index is 13.3. The van der Waals surface area contributed by atoms with Crippen molar-refractivity contribution in [2.45, 2.75) is 46.1 Å². The van der Waals surface area contributed by atoms with Gasteiger partial charge < -0.3 is 10.2 Å². The van der Waals surface area contributed by atoms with Gasteiger partial charge in [0.2, 0.25) is 0 Å². The van der Waals surface area contributed by atoms with Crippen molar-refractivity contribution in [3.05, 3.63) is 38.2 Å². The number of hydrogen-bond acceptors (Lipinski definition) is 5. The first-order valence-corrected chi connectivity index (χ1v) is 9.99. The normalized spacial score (nSPS) is 15.5. The van der Waals surface area contributed by atoms with Crippen molar-refractivity contribution in [3.63, 3.8) is 0 Å². The SMILES string of the molecule is CCn1c(=O)[nH]c(=O)c2c(C(=O)N3CCC(CNC)CC3)cc(C(C)C)nc21. The Morgan fingerprint density at radius 2 is 2.00 bits per heavy atom. The van der Waals surface area contributed by atoms with Crippen molar-refractivity contribution in [2.75, 3.05) is 26.7 Å². The van der Waals surface area contributed by atoms with Crippen LogP contribution >= 0.6 is 0 Å². The molecule has 0 spiro atoms. The second-order valence-electron chi connectivity index (χ2n) is 7.74. The van der Waals surface area contributed by atoms with E-state index in [1.165, 1.54) is 4.57 Å². The van der Waals surface area contributed by atoms with Gasteiger partial charge in [0.15, 0.2) is 5.65 Å². The lowest BCUT2D eigenvalue weighted by Crippen LogP contribution is -2.41. The topological polar surface area (TPSA) is 100 Å². The number of amides is 1. The highest BCUT2D eigenvalue weighted by molar-refractivity contribution is 6.05. The number of H-pyrrole nitrogens is 1. The zero-order valence-electron chi connectivity index (χ0n) is 17.0. The molecule has 0 unspecified atom stereocenters. The molecule has 1 aliphatic rings. The van der Waals surface area contributed by atoms with Gasteiger partial charge >= 0.3 is 5.69 Å². The molecule has 1 fully saturated rings. The molecule has 2 aromatic rings. The number of carbonyl (C=O) groups excluding carboxylic acids is 1. The Kier molecular flexibility index (Phi) is 5.98. The predicted octanol–water partition coefficient (Wildman–Crippen LogP) is 1.30. The summed E-state index contributed by atoms with van der Waals surface area (Å²) in [6.45, 7) is 8.41. The van der Waals surface area contributed by atoms with Gasteiger partial charge in [0.25, 0.3) is 11.5 Å². The lowest BCUT2D eigenvalue weighted by atomic mass is 9.96. The Balaban J connectivity index is 2.11. The summed E-state index contributed by atoms with van der Waals surface area (Å²) in [5, 5.41) is 3.40. The monoisotopic (exact) mass is 387 g/mol. The molecule has 1 amide bonds. The molecular weight excluding hydrogens is 358 g/mol. The first-order chi connectivity index (χ1) is 13.4. The van der Waals surface area contributed by atoms with Gasteiger partial charge in [-0.2, -0.15) is 0 Å². The standard InChI is InChI=1S/C20H29N5O3/c1-5-25-17-16(18(26)23-20(25)28)14(10-15(22-17)12(2)3)19(27)24-8-6-13(7-9-24)11-21-4/h10,12-13,21H,5-9,11H2,1-4H3,(H,23,26,28). The Labute approximate surface area is 164 Å². The molecular formula is C20H29N5O3. The number of nitrogens with one attached hydrogen (secondary N) is 2. The average Bonchev–Trinajstić information content (AvgIpc) is 2.67. The van der Waals surface area contributed by atoms with Crippen molar-refractivity contribution >= 4 is 16.9 Å². The summed E-state index contributed by atoms with van der Waals surface area (Å²) in [6.07, 6.45) is 1.87. The van der Waals surface area contributed by atoms with E-state index in [9.17, 15) is 14.4 Å². The molecule has 28 heavy (non-hydrogen) atoms. The fraction of sp³-hybridized carbons (Fsp3) is 0.600. The third-order valence-electron chi connectivity index (χ3n) is 5.50. The third-order valence-corrected chi connectivity index (χ3v) is 5.50. The number of hydrogen-bond donors (Lipinski definition) is 2. The Bertz CT molecular complexity index is 984. The van der Waals surface area contributed by atoms with Gasteiger partial charge in [0, 0.05) is 25.3 Å². The van der Waals surface area contributed by atoms with Crippen LogP contribution < -0.4 is 16.6 Å². The van der Waals surface area contributed by atoms with Crippen molar-refractivity contribution in [3.8, 4) is 0 Å². The minimum Gasteiger partial charge on any atom is -0.339 e. The van der Waals surface area contributed by atoms with Crippen LogP contribution in [0.1, 0.15) is 55.6 Å². The van der Waals surface area contributed by atoms with E-state index in [0.717, 1.165) is 19.4 Å². The minimum absolute atomic E-state index is 0.0667. The summed E-state index contributed by atoms with van der Waals surface area (Å²) in [6, 6.07) is 1.72. The van der Waals surface area contributed by atoms with Crippen LogP contribution in [0, 0.1) is 5.92 Å². The van der Waals surface area contributed by atoms with Gasteiger partial charge in [0.05, 0.1) is 10.9 Å². The Morgan fingerprint density at radius 3 is 2.57 bits per heavy atom. The van der Waals surface area contributed by atoms with E-state index in [0.29, 0.717) is 36.8 Å².